The van der Waals surface area contributed by atoms with Crippen LogP contribution in [0.2, 0.25) is 0 Å². The number of ketones is 1. The van der Waals surface area contributed by atoms with Gasteiger partial charge in [0.15, 0.2) is 5.13 Å². The Balaban J connectivity index is 1.47. The van der Waals surface area contributed by atoms with Gasteiger partial charge in [-0.05, 0) is 30.5 Å². The Hall–Kier alpha value is -3.06. The zero-order chi connectivity index (χ0) is 20.6. The van der Waals surface area contributed by atoms with Crippen molar-refractivity contribution >= 4 is 28.2 Å². The highest BCUT2D eigenvalue weighted by Crippen LogP contribution is 2.23. The van der Waals surface area contributed by atoms with Crippen LogP contribution in [0.15, 0.2) is 54.7 Å². The highest BCUT2D eigenvalue weighted by atomic mass is 32.1. The second kappa shape index (κ2) is 9.93. The first-order valence-corrected chi connectivity index (χ1v) is 10.3. The van der Waals surface area contributed by atoms with Gasteiger partial charge in [-0.15, -0.1) is 0 Å². The Bertz CT molecular complexity index is 1000. The minimum absolute atomic E-state index is 0.0230. The van der Waals surface area contributed by atoms with Crippen molar-refractivity contribution < 1.29 is 14.0 Å². The summed E-state index contributed by atoms with van der Waals surface area (Å²) in [5.41, 5.74) is 1.77. The minimum Gasteiger partial charge on any atom is -0.361 e. The molecule has 3 aromatic rings. The van der Waals surface area contributed by atoms with Crippen LogP contribution in [0.25, 0.3) is 0 Å². The van der Waals surface area contributed by atoms with E-state index in [9.17, 15) is 14.0 Å². The minimum atomic E-state index is -0.534. The van der Waals surface area contributed by atoms with Crippen LogP contribution in [-0.4, -0.2) is 29.8 Å². The molecule has 0 unspecified atom stereocenters. The van der Waals surface area contributed by atoms with E-state index in [4.69, 9.17) is 0 Å². The Morgan fingerprint density at radius 2 is 1.76 bits per heavy atom. The van der Waals surface area contributed by atoms with Gasteiger partial charge in [-0.25, -0.2) is 9.37 Å². The van der Waals surface area contributed by atoms with Gasteiger partial charge in [0, 0.05) is 18.7 Å². The molecule has 0 aliphatic rings. The Morgan fingerprint density at radius 3 is 2.52 bits per heavy atom. The van der Waals surface area contributed by atoms with E-state index in [2.05, 4.69) is 15.6 Å². The smallest absolute Gasteiger partial charge is 0.254 e. The Morgan fingerprint density at radius 1 is 1.03 bits per heavy atom. The molecule has 2 N–H and O–H groups in total. The number of nitrogens with zero attached hydrogens (tertiary/aromatic N) is 1. The van der Waals surface area contributed by atoms with Gasteiger partial charge in [0.2, 0.25) is 5.78 Å². The number of carbonyl (C=O) groups excluding carboxylic acids is 2. The molecular weight excluding hydrogens is 389 g/mol. The van der Waals surface area contributed by atoms with Crippen LogP contribution in [0.1, 0.15) is 44.5 Å². The lowest BCUT2D eigenvalue weighted by Gasteiger charge is -2.06. The van der Waals surface area contributed by atoms with Crippen molar-refractivity contribution in [2.24, 2.45) is 0 Å². The second-order valence-corrected chi connectivity index (χ2v) is 7.42. The van der Waals surface area contributed by atoms with Gasteiger partial charge < -0.3 is 10.6 Å². The van der Waals surface area contributed by atoms with Crippen molar-refractivity contribution in [2.75, 3.05) is 18.4 Å². The van der Waals surface area contributed by atoms with E-state index in [1.807, 2.05) is 31.2 Å². The normalized spacial score (nSPS) is 10.6. The summed E-state index contributed by atoms with van der Waals surface area (Å²) >= 11 is 1.31. The molecular formula is C22H22FN3O2S. The molecule has 0 saturated heterocycles. The summed E-state index contributed by atoms with van der Waals surface area (Å²) in [4.78, 5) is 29.5. The SMILES string of the molecule is CCc1ccccc1C(=O)c1cnc(NCCCNC(=O)c2ccccc2F)s1. The van der Waals surface area contributed by atoms with Gasteiger partial charge in [0.1, 0.15) is 5.82 Å². The van der Waals surface area contributed by atoms with Crippen LogP contribution in [0.3, 0.4) is 0 Å². The van der Waals surface area contributed by atoms with Crippen molar-refractivity contribution in [3.05, 3.63) is 82.1 Å². The summed E-state index contributed by atoms with van der Waals surface area (Å²) in [6, 6.07) is 13.5. The van der Waals surface area contributed by atoms with Crippen molar-refractivity contribution in [3.63, 3.8) is 0 Å². The molecule has 29 heavy (non-hydrogen) atoms. The molecule has 0 fully saturated rings. The van der Waals surface area contributed by atoms with E-state index in [1.165, 1.54) is 23.5 Å². The molecule has 0 saturated carbocycles. The number of hydrogen-bond donors (Lipinski definition) is 2. The van der Waals surface area contributed by atoms with Crippen LogP contribution in [0.5, 0.6) is 0 Å². The van der Waals surface area contributed by atoms with Crippen LogP contribution in [0.4, 0.5) is 9.52 Å². The van der Waals surface area contributed by atoms with E-state index in [1.54, 1.807) is 18.3 Å². The first-order valence-electron chi connectivity index (χ1n) is 9.45. The second-order valence-electron chi connectivity index (χ2n) is 6.39. The zero-order valence-electron chi connectivity index (χ0n) is 16.1. The summed E-state index contributed by atoms with van der Waals surface area (Å²) in [6.45, 7) is 3.00. The third-order valence-corrected chi connectivity index (χ3v) is 5.36. The number of benzene rings is 2. The number of aromatic nitrogens is 1. The monoisotopic (exact) mass is 411 g/mol. The predicted octanol–water partition coefficient (Wildman–Crippen LogP) is 4.31. The lowest BCUT2D eigenvalue weighted by Crippen LogP contribution is -2.26. The fourth-order valence-corrected chi connectivity index (χ4v) is 3.67. The number of anilines is 1. The van der Waals surface area contributed by atoms with Crippen LogP contribution < -0.4 is 10.6 Å². The summed E-state index contributed by atoms with van der Waals surface area (Å²) < 4.78 is 13.6. The first kappa shape index (κ1) is 20.7. The maximum atomic E-state index is 13.6. The van der Waals surface area contributed by atoms with E-state index >= 15 is 0 Å². The summed E-state index contributed by atoms with van der Waals surface area (Å²) in [6.07, 6.45) is 3.02. The molecule has 0 radical (unpaired) electrons. The molecule has 0 bridgehead atoms. The van der Waals surface area contributed by atoms with Crippen molar-refractivity contribution in [3.8, 4) is 0 Å². The first-order chi connectivity index (χ1) is 14.1. The predicted molar refractivity (Wildman–Crippen MR) is 113 cm³/mol. The third kappa shape index (κ3) is 5.26. The van der Waals surface area contributed by atoms with Crippen molar-refractivity contribution in [1.29, 1.82) is 0 Å². The molecule has 0 aliphatic heterocycles. The molecule has 7 heteroatoms. The third-order valence-electron chi connectivity index (χ3n) is 4.41. The standard InChI is InChI=1S/C22H22FN3O2S/c1-2-15-8-3-4-9-16(15)20(27)19-14-26-22(29-19)25-13-7-12-24-21(28)17-10-5-6-11-18(17)23/h3-6,8-11,14H,2,7,12-13H2,1H3,(H,24,28)(H,25,26). The molecule has 0 spiro atoms. The maximum Gasteiger partial charge on any atom is 0.254 e. The number of carbonyl (C=O) groups is 2. The fourth-order valence-electron chi connectivity index (χ4n) is 2.87. The van der Waals surface area contributed by atoms with Crippen molar-refractivity contribution in [2.45, 2.75) is 19.8 Å². The maximum absolute atomic E-state index is 13.6. The number of rotatable bonds is 9. The number of halogens is 1. The van der Waals surface area contributed by atoms with Gasteiger partial charge in [0.05, 0.1) is 16.6 Å². The largest absolute Gasteiger partial charge is 0.361 e. The topological polar surface area (TPSA) is 71.1 Å². The number of hydrogen-bond acceptors (Lipinski definition) is 5. The van der Waals surface area contributed by atoms with Crippen LogP contribution in [0, 0.1) is 5.82 Å². The molecule has 0 aliphatic carbocycles. The highest BCUT2D eigenvalue weighted by molar-refractivity contribution is 7.17. The van der Waals surface area contributed by atoms with Gasteiger partial charge in [0.25, 0.3) is 5.91 Å². The molecule has 2 aromatic carbocycles. The Kier molecular flexibility index (Phi) is 7.08. The molecule has 1 heterocycles. The van der Waals surface area contributed by atoms with Gasteiger partial charge >= 0.3 is 0 Å². The molecule has 1 amide bonds. The number of aryl methyl sites for hydroxylation is 1. The lowest BCUT2D eigenvalue weighted by molar-refractivity contribution is 0.0949. The number of nitrogens with one attached hydrogen (secondary N) is 2. The molecule has 150 valence electrons. The summed E-state index contributed by atoms with van der Waals surface area (Å²) in [7, 11) is 0. The summed E-state index contributed by atoms with van der Waals surface area (Å²) in [5, 5.41) is 6.50. The fraction of sp³-hybridized carbons (Fsp3) is 0.227. The van der Waals surface area contributed by atoms with E-state index in [0.29, 0.717) is 35.1 Å². The quantitative estimate of drug-likeness (QED) is 0.407. The van der Waals surface area contributed by atoms with Crippen molar-refractivity contribution in [1.82, 2.24) is 10.3 Å². The van der Waals surface area contributed by atoms with Crippen LogP contribution in [-0.2, 0) is 6.42 Å². The average Bonchev–Trinajstić information content (AvgIpc) is 3.22. The highest BCUT2D eigenvalue weighted by Gasteiger charge is 2.15. The lowest BCUT2D eigenvalue weighted by atomic mass is 10.0. The number of amides is 1. The van der Waals surface area contributed by atoms with E-state index < -0.39 is 11.7 Å². The van der Waals surface area contributed by atoms with E-state index in [0.717, 1.165) is 12.0 Å². The average molecular weight is 412 g/mol. The molecule has 0 atom stereocenters. The van der Waals surface area contributed by atoms with Gasteiger partial charge in [-0.3, -0.25) is 9.59 Å². The van der Waals surface area contributed by atoms with Gasteiger partial charge in [-0.1, -0.05) is 54.7 Å². The molecule has 1 aromatic heterocycles. The molecule has 5 nitrogen and oxygen atoms in total. The van der Waals surface area contributed by atoms with Crippen LogP contribution >= 0.6 is 11.3 Å². The Labute approximate surface area is 173 Å². The summed E-state index contributed by atoms with van der Waals surface area (Å²) in [5.74, 6) is -0.988. The zero-order valence-corrected chi connectivity index (χ0v) is 16.9. The van der Waals surface area contributed by atoms with E-state index in [-0.39, 0.29) is 11.3 Å². The van der Waals surface area contributed by atoms with Gasteiger partial charge in [-0.2, -0.15) is 0 Å². The molecule has 3 rings (SSSR count). The number of thiazole rings is 1.